The van der Waals surface area contributed by atoms with Crippen molar-refractivity contribution in [3.05, 3.63) is 0 Å². The van der Waals surface area contributed by atoms with Crippen LogP contribution in [0.3, 0.4) is 0 Å². The number of nitrogens with zero attached hydrogens (tertiary/aromatic N) is 2. The van der Waals surface area contributed by atoms with E-state index in [4.69, 9.17) is 0 Å². The van der Waals surface area contributed by atoms with Crippen molar-refractivity contribution in [3.63, 3.8) is 0 Å². The maximum Gasteiger partial charge on any atom is 0.227 e. The Morgan fingerprint density at radius 2 is 1.91 bits per heavy atom. The lowest BCUT2D eigenvalue weighted by Crippen LogP contribution is -2.51. The highest BCUT2D eigenvalue weighted by atomic mass is 35.5. The number of hydrogen-bond acceptors (Lipinski definition) is 3. The first kappa shape index (κ1) is 19.2. The molecule has 2 fully saturated rings. The third-order valence-electron chi connectivity index (χ3n) is 4.71. The minimum Gasteiger partial charge on any atom is -0.342 e. The molecular formula is C16H30ClN3O2. The van der Waals surface area contributed by atoms with Crippen LogP contribution in [0.4, 0.5) is 0 Å². The molecule has 5 nitrogen and oxygen atoms in total. The summed E-state index contributed by atoms with van der Waals surface area (Å²) in [6, 6.07) is 0.381. The Balaban J connectivity index is 0.00000242. The highest BCUT2D eigenvalue weighted by Crippen LogP contribution is 2.22. The van der Waals surface area contributed by atoms with E-state index in [1.165, 1.54) is 0 Å². The summed E-state index contributed by atoms with van der Waals surface area (Å²) in [6.07, 6.45) is 4.97. The first-order valence-electron chi connectivity index (χ1n) is 8.40. The second kappa shape index (κ2) is 9.36. The van der Waals surface area contributed by atoms with E-state index in [0.717, 1.165) is 58.3 Å². The van der Waals surface area contributed by atoms with Gasteiger partial charge >= 0.3 is 0 Å². The number of hydrogen-bond donors (Lipinski definition) is 1. The minimum atomic E-state index is 0. The van der Waals surface area contributed by atoms with Gasteiger partial charge in [-0.1, -0.05) is 6.92 Å². The first-order chi connectivity index (χ1) is 10.1. The molecule has 1 N–H and O–H groups in total. The maximum absolute atomic E-state index is 12.9. The van der Waals surface area contributed by atoms with Crippen LogP contribution in [-0.4, -0.2) is 60.4 Å². The van der Waals surface area contributed by atoms with Crippen LogP contribution in [0.15, 0.2) is 0 Å². The lowest BCUT2D eigenvalue weighted by Gasteiger charge is -2.39. The van der Waals surface area contributed by atoms with Gasteiger partial charge in [0.25, 0.3) is 0 Å². The molecule has 0 aliphatic carbocycles. The van der Waals surface area contributed by atoms with Gasteiger partial charge in [-0.15, -0.1) is 12.4 Å². The normalized spacial score (nSPS) is 22.8. The summed E-state index contributed by atoms with van der Waals surface area (Å²) in [5.41, 5.74) is 0. The van der Waals surface area contributed by atoms with E-state index in [9.17, 15) is 9.59 Å². The van der Waals surface area contributed by atoms with Gasteiger partial charge in [0, 0.05) is 32.6 Å². The van der Waals surface area contributed by atoms with Gasteiger partial charge in [-0.25, -0.2) is 0 Å². The van der Waals surface area contributed by atoms with Gasteiger partial charge < -0.3 is 15.1 Å². The van der Waals surface area contributed by atoms with Crippen molar-refractivity contribution in [2.24, 2.45) is 5.92 Å². The van der Waals surface area contributed by atoms with Crippen LogP contribution in [0.25, 0.3) is 0 Å². The zero-order chi connectivity index (χ0) is 15.2. The van der Waals surface area contributed by atoms with Gasteiger partial charge in [0.2, 0.25) is 11.8 Å². The molecule has 6 heteroatoms. The van der Waals surface area contributed by atoms with Gasteiger partial charge in [-0.05, 0) is 45.2 Å². The molecule has 2 aliphatic rings. The SMILES string of the molecule is CCCN(C(=O)C1CCCN(C(C)=O)C1)C1CCNCC1.Cl. The third kappa shape index (κ3) is 4.85. The van der Waals surface area contributed by atoms with Crippen molar-refractivity contribution in [1.29, 1.82) is 0 Å². The number of piperidine rings is 2. The fraction of sp³-hybridized carbons (Fsp3) is 0.875. The van der Waals surface area contributed by atoms with E-state index in [0.29, 0.717) is 12.6 Å². The summed E-state index contributed by atoms with van der Waals surface area (Å²) in [6.45, 7) is 8.00. The lowest BCUT2D eigenvalue weighted by atomic mass is 9.94. The summed E-state index contributed by atoms with van der Waals surface area (Å²) in [4.78, 5) is 28.4. The number of rotatable bonds is 4. The molecular weight excluding hydrogens is 302 g/mol. The molecule has 0 saturated carbocycles. The second-order valence-corrected chi connectivity index (χ2v) is 6.32. The highest BCUT2D eigenvalue weighted by Gasteiger charge is 2.33. The number of carbonyl (C=O) groups is 2. The van der Waals surface area contributed by atoms with E-state index >= 15 is 0 Å². The van der Waals surface area contributed by atoms with Crippen molar-refractivity contribution < 1.29 is 9.59 Å². The summed E-state index contributed by atoms with van der Waals surface area (Å²) in [5.74, 6) is 0.371. The predicted molar refractivity (Wildman–Crippen MR) is 90.1 cm³/mol. The predicted octanol–water partition coefficient (Wildman–Crippen LogP) is 1.66. The van der Waals surface area contributed by atoms with Gasteiger partial charge in [0.15, 0.2) is 0 Å². The van der Waals surface area contributed by atoms with Crippen LogP contribution >= 0.6 is 12.4 Å². The first-order valence-corrected chi connectivity index (χ1v) is 8.40. The van der Waals surface area contributed by atoms with Crippen LogP contribution in [0.5, 0.6) is 0 Å². The molecule has 2 aliphatic heterocycles. The van der Waals surface area contributed by atoms with Crippen molar-refractivity contribution in [2.45, 2.75) is 52.0 Å². The summed E-state index contributed by atoms with van der Waals surface area (Å²) >= 11 is 0. The minimum absolute atomic E-state index is 0. The van der Waals surface area contributed by atoms with Gasteiger partial charge in [0.05, 0.1) is 5.92 Å². The van der Waals surface area contributed by atoms with Crippen LogP contribution in [0.2, 0.25) is 0 Å². The van der Waals surface area contributed by atoms with E-state index in [1.54, 1.807) is 6.92 Å². The Morgan fingerprint density at radius 1 is 1.23 bits per heavy atom. The number of nitrogens with one attached hydrogen (secondary N) is 1. The van der Waals surface area contributed by atoms with Gasteiger partial charge in [-0.3, -0.25) is 9.59 Å². The lowest BCUT2D eigenvalue weighted by molar-refractivity contribution is -0.142. The quantitative estimate of drug-likeness (QED) is 0.852. The monoisotopic (exact) mass is 331 g/mol. The molecule has 2 rings (SSSR count). The molecule has 2 heterocycles. The van der Waals surface area contributed by atoms with Crippen LogP contribution < -0.4 is 5.32 Å². The third-order valence-corrected chi connectivity index (χ3v) is 4.71. The van der Waals surface area contributed by atoms with E-state index in [1.807, 2.05) is 4.90 Å². The summed E-state index contributed by atoms with van der Waals surface area (Å²) < 4.78 is 0. The zero-order valence-electron chi connectivity index (χ0n) is 13.8. The van der Waals surface area contributed by atoms with E-state index in [2.05, 4.69) is 17.1 Å². The molecule has 0 radical (unpaired) electrons. The van der Waals surface area contributed by atoms with Gasteiger partial charge in [0.1, 0.15) is 0 Å². The standard InChI is InChI=1S/C16H29N3O2.ClH/c1-3-10-19(15-6-8-17-9-7-15)16(21)14-5-4-11-18(12-14)13(2)20;/h14-15,17H,3-12H2,1-2H3;1H. The van der Waals surface area contributed by atoms with Crippen LogP contribution in [-0.2, 0) is 9.59 Å². The molecule has 22 heavy (non-hydrogen) atoms. The van der Waals surface area contributed by atoms with Crippen molar-refractivity contribution in [3.8, 4) is 0 Å². The Labute approximate surface area is 140 Å². The molecule has 1 unspecified atom stereocenters. The largest absolute Gasteiger partial charge is 0.342 e. The average molecular weight is 332 g/mol. The van der Waals surface area contributed by atoms with Gasteiger partial charge in [-0.2, -0.15) is 0 Å². The smallest absolute Gasteiger partial charge is 0.227 e. The Morgan fingerprint density at radius 3 is 2.50 bits per heavy atom. The Kier molecular flexibility index (Phi) is 8.18. The van der Waals surface area contributed by atoms with Crippen molar-refractivity contribution in [2.75, 3.05) is 32.7 Å². The summed E-state index contributed by atoms with van der Waals surface area (Å²) in [5, 5.41) is 3.36. The zero-order valence-corrected chi connectivity index (χ0v) is 14.7. The average Bonchev–Trinajstić information content (AvgIpc) is 2.53. The number of likely N-dealkylation sites (tertiary alicyclic amines) is 1. The highest BCUT2D eigenvalue weighted by molar-refractivity contribution is 5.85. The van der Waals surface area contributed by atoms with Crippen molar-refractivity contribution >= 4 is 24.2 Å². The molecule has 0 aromatic rings. The maximum atomic E-state index is 12.9. The fourth-order valence-electron chi connectivity index (χ4n) is 3.53. The van der Waals surface area contributed by atoms with E-state index < -0.39 is 0 Å². The number of amides is 2. The van der Waals surface area contributed by atoms with E-state index in [-0.39, 0.29) is 30.1 Å². The Bertz CT molecular complexity index is 372. The fourth-order valence-corrected chi connectivity index (χ4v) is 3.53. The molecule has 0 bridgehead atoms. The molecule has 2 amide bonds. The summed E-state index contributed by atoms with van der Waals surface area (Å²) in [7, 11) is 0. The topological polar surface area (TPSA) is 52.7 Å². The molecule has 1 atom stereocenters. The molecule has 0 spiro atoms. The molecule has 128 valence electrons. The molecule has 0 aromatic carbocycles. The van der Waals surface area contributed by atoms with Crippen molar-refractivity contribution in [1.82, 2.24) is 15.1 Å². The Hall–Kier alpha value is -0.810. The molecule has 0 aromatic heterocycles. The number of carbonyl (C=O) groups excluding carboxylic acids is 2. The molecule has 2 saturated heterocycles. The van der Waals surface area contributed by atoms with Crippen LogP contribution in [0.1, 0.15) is 46.0 Å². The van der Waals surface area contributed by atoms with Crippen LogP contribution in [0, 0.1) is 5.92 Å². The number of halogens is 1. The second-order valence-electron chi connectivity index (χ2n) is 6.32.